The number of halogens is 2. The minimum Gasteiger partial charge on any atom is -0.508 e. The first-order chi connectivity index (χ1) is 11.5. The van der Waals surface area contributed by atoms with E-state index in [0.29, 0.717) is 12.1 Å². The largest absolute Gasteiger partial charge is 0.508 e. The van der Waals surface area contributed by atoms with Crippen molar-refractivity contribution in [2.75, 3.05) is 37.6 Å². The predicted octanol–water partition coefficient (Wildman–Crippen LogP) is 2.53. The van der Waals surface area contributed by atoms with E-state index in [0.717, 1.165) is 44.0 Å². The molecular formula is C18H20F2N2O2. The Morgan fingerprint density at radius 1 is 0.958 bits per heavy atom. The van der Waals surface area contributed by atoms with Crippen LogP contribution in [0.1, 0.15) is 11.7 Å². The molecule has 2 aromatic carbocycles. The average Bonchev–Trinajstić information content (AvgIpc) is 2.58. The van der Waals surface area contributed by atoms with Crippen molar-refractivity contribution in [1.82, 2.24) is 4.90 Å². The second kappa shape index (κ2) is 7.15. The van der Waals surface area contributed by atoms with Crippen molar-refractivity contribution in [3.8, 4) is 5.75 Å². The molecule has 128 valence electrons. The van der Waals surface area contributed by atoms with Gasteiger partial charge in [0.1, 0.15) is 5.75 Å². The monoisotopic (exact) mass is 334 g/mol. The van der Waals surface area contributed by atoms with Crippen molar-refractivity contribution >= 4 is 5.69 Å². The molecule has 0 bridgehead atoms. The third kappa shape index (κ3) is 3.83. The minimum absolute atomic E-state index is 0.240. The molecule has 0 spiro atoms. The highest BCUT2D eigenvalue weighted by molar-refractivity contribution is 5.50. The van der Waals surface area contributed by atoms with Crippen LogP contribution in [-0.4, -0.2) is 47.8 Å². The molecule has 1 heterocycles. The molecule has 1 saturated heterocycles. The second-order valence-corrected chi connectivity index (χ2v) is 6.00. The lowest BCUT2D eigenvalue weighted by Gasteiger charge is -2.37. The highest BCUT2D eigenvalue weighted by Gasteiger charge is 2.21. The Kier molecular flexibility index (Phi) is 4.97. The quantitative estimate of drug-likeness (QED) is 0.902. The van der Waals surface area contributed by atoms with Gasteiger partial charge >= 0.3 is 0 Å². The normalized spacial score (nSPS) is 17.0. The van der Waals surface area contributed by atoms with E-state index in [2.05, 4.69) is 9.80 Å². The molecule has 24 heavy (non-hydrogen) atoms. The van der Waals surface area contributed by atoms with Crippen LogP contribution in [0.3, 0.4) is 0 Å². The standard InChI is InChI=1S/C18H20F2N2O2/c19-16-5-4-13(10-17(16)20)18(24)12-21-6-8-22(9-7-21)14-2-1-3-15(23)11-14/h1-5,10-11,18,23-24H,6-9,12H2. The molecule has 2 N–H and O–H groups in total. The molecular weight excluding hydrogens is 314 g/mol. The van der Waals surface area contributed by atoms with Crippen molar-refractivity contribution in [2.45, 2.75) is 6.10 Å². The number of β-amino-alcohol motifs (C(OH)–C–C–N with tert-alkyl or cyclic N) is 1. The molecule has 2 aromatic rings. The molecule has 0 saturated carbocycles. The Balaban J connectivity index is 1.56. The smallest absolute Gasteiger partial charge is 0.159 e. The number of aliphatic hydroxyl groups excluding tert-OH is 1. The van der Waals surface area contributed by atoms with Gasteiger partial charge in [0.25, 0.3) is 0 Å². The first kappa shape index (κ1) is 16.7. The summed E-state index contributed by atoms with van der Waals surface area (Å²) in [6.45, 7) is 3.41. The van der Waals surface area contributed by atoms with Gasteiger partial charge in [0, 0.05) is 44.5 Å². The fourth-order valence-electron chi connectivity index (χ4n) is 2.95. The van der Waals surface area contributed by atoms with Crippen LogP contribution < -0.4 is 4.90 Å². The predicted molar refractivity (Wildman–Crippen MR) is 88.1 cm³/mol. The van der Waals surface area contributed by atoms with E-state index in [-0.39, 0.29) is 5.75 Å². The van der Waals surface area contributed by atoms with Crippen LogP contribution in [0.4, 0.5) is 14.5 Å². The summed E-state index contributed by atoms with van der Waals surface area (Å²) in [7, 11) is 0. The maximum absolute atomic E-state index is 13.3. The third-order valence-electron chi connectivity index (χ3n) is 4.33. The number of hydrogen-bond acceptors (Lipinski definition) is 4. The van der Waals surface area contributed by atoms with Gasteiger partial charge in [0.15, 0.2) is 11.6 Å². The van der Waals surface area contributed by atoms with Gasteiger partial charge in [-0.15, -0.1) is 0 Å². The summed E-state index contributed by atoms with van der Waals surface area (Å²) in [5, 5.41) is 19.8. The fraction of sp³-hybridized carbons (Fsp3) is 0.333. The van der Waals surface area contributed by atoms with Crippen LogP contribution >= 0.6 is 0 Å². The van der Waals surface area contributed by atoms with E-state index >= 15 is 0 Å². The molecule has 0 aromatic heterocycles. The van der Waals surface area contributed by atoms with Crippen molar-refractivity contribution in [3.05, 3.63) is 59.7 Å². The maximum Gasteiger partial charge on any atom is 0.159 e. The lowest BCUT2D eigenvalue weighted by Crippen LogP contribution is -2.47. The zero-order valence-electron chi connectivity index (χ0n) is 13.2. The number of phenolic OH excluding ortho intramolecular Hbond substituents is 1. The first-order valence-electron chi connectivity index (χ1n) is 7.92. The molecule has 4 nitrogen and oxygen atoms in total. The van der Waals surface area contributed by atoms with Gasteiger partial charge in [-0.25, -0.2) is 8.78 Å². The Morgan fingerprint density at radius 3 is 2.38 bits per heavy atom. The van der Waals surface area contributed by atoms with Crippen LogP contribution in [0.2, 0.25) is 0 Å². The van der Waals surface area contributed by atoms with Gasteiger partial charge in [0.2, 0.25) is 0 Å². The summed E-state index contributed by atoms with van der Waals surface area (Å²) in [6.07, 6.45) is -0.854. The van der Waals surface area contributed by atoms with E-state index in [9.17, 15) is 19.0 Å². The minimum atomic E-state index is -0.944. The van der Waals surface area contributed by atoms with Crippen LogP contribution in [0.15, 0.2) is 42.5 Å². The number of piperazine rings is 1. The van der Waals surface area contributed by atoms with E-state index in [1.807, 2.05) is 12.1 Å². The summed E-state index contributed by atoms with van der Waals surface area (Å²) in [5.41, 5.74) is 1.35. The molecule has 1 aliphatic heterocycles. The molecule has 0 radical (unpaired) electrons. The zero-order valence-corrected chi connectivity index (χ0v) is 13.2. The number of benzene rings is 2. The zero-order chi connectivity index (χ0) is 17.1. The van der Waals surface area contributed by atoms with Gasteiger partial charge in [-0.05, 0) is 29.8 Å². The number of anilines is 1. The Hall–Kier alpha value is -2.18. The lowest BCUT2D eigenvalue weighted by atomic mass is 10.1. The highest BCUT2D eigenvalue weighted by Crippen LogP contribution is 2.22. The summed E-state index contributed by atoms with van der Waals surface area (Å²) >= 11 is 0. The van der Waals surface area contributed by atoms with Crippen LogP contribution in [0.5, 0.6) is 5.75 Å². The average molecular weight is 334 g/mol. The Bertz CT molecular complexity index is 703. The van der Waals surface area contributed by atoms with Crippen molar-refractivity contribution in [3.63, 3.8) is 0 Å². The molecule has 1 aliphatic rings. The number of aliphatic hydroxyl groups is 1. The van der Waals surface area contributed by atoms with Gasteiger partial charge < -0.3 is 15.1 Å². The molecule has 6 heteroatoms. The SMILES string of the molecule is Oc1cccc(N2CCN(CC(O)c3ccc(F)c(F)c3)CC2)c1. The number of hydrogen-bond donors (Lipinski definition) is 2. The summed E-state index contributed by atoms with van der Waals surface area (Å²) in [5.74, 6) is -1.62. The molecule has 1 unspecified atom stereocenters. The fourth-order valence-corrected chi connectivity index (χ4v) is 2.95. The topological polar surface area (TPSA) is 46.9 Å². The van der Waals surface area contributed by atoms with Crippen LogP contribution in [-0.2, 0) is 0 Å². The third-order valence-corrected chi connectivity index (χ3v) is 4.33. The molecule has 1 atom stereocenters. The maximum atomic E-state index is 13.3. The Morgan fingerprint density at radius 2 is 1.71 bits per heavy atom. The van der Waals surface area contributed by atoms with Gasteiger partial charge in [-0.1, -0.05) is 12.1 Å². The van der Waals surface area contributed by atoms with Gasteiger partial charge in [-0.3, -0.25) is 4.90 Å². The lowest BCUT2D eigenvalue weighted by molar-refractivity contribution is 0.109. The van der Waals surface area contributed by atoms with E-state index in [1.165, 1.54) is 6.07 Å². The van der Waals surface area contributed by atoms with Crippen LogP contribution in [0, 0.1) is 11.6 Å². The summed E-state index contributed by atoms with van der Waals surface area (Å²) < 4.78 is 26.2. The second-order valence-electron chi connectivity index (χ2n) is 6.00. The van der Waals surface area contributed by atoms with Gasteiger partial charge in [-0.2, -0.15) is 0 Å². The van der Waals surface area contributed by atoms with E-state index in [4.69, 9.17) is 0 Å². The molecule has 0 amide bonds. The molecule has 0 aliphatic carbocycles. The number of rotatable bonds is 4. The van der Waals surface area contributed by atoms with Crippen molar-refractivity contribution in [1.29, 1.82) is 0 Å². The summed E-state index contributed by atoms with van der Waals surface area (Å²) in [4.78, 5) is 4.26. The van der Waals surface area contributed by atoms with Crippen molar-refractivity contribution < 1.29 is 19.0 Å². The van der Waals surface area contributed by atoms with Crippen molar-refractivity contribution in [2.24, 2.45) is 0 Å². The van der Waals surface area contributed by atoms with Crippen LogP contribution in [0.25, 0.3) is 0 Å². The van der Waals surface area contributed by atoms with E-state index < -0.39 is 17.7 Å². The Labute approximate surface area is 139 Å². The number of nitrogens with zero attached hydrogens (tertiary/aromatic N) is 2. The highest BCUT2D eigenvalue weighted by atomic mass is 19.2. The molecule has 3 rings (SSSR count). The first-order valence-corrected chi connectivity index (χ1v) is 7.92. The number of aromatic hydroxyl groups is 1. The van der Waals surface area contributed by atoms with Gasteiger partial charge in [0.05, 0.1) is 6.10 Å². The summed E-state index contributed by atoms with van der Waals surface area (Å²) in [6, 6.07) is 10.6. The van der Waals surface area contributed by atoms with E-state index in [1.54, 1.807) is 12.1 Å². The number of phenols is 1. The molecule has 1 fully saturated rings.